The molecule has 0 radical (unpaired) electrons. The van der Waals surface area contributed by atoms with Crippen molar-refractivity contribution in [2.24, 2.45) is 7.05 Å². The lowest BCUT2D eigenvalue weighted by Crippen LogP contribution is -2.33. The fourth-order valence-electron chi connectivity index (χ4n) is 5.54. The normalized spacial score (nSPS) is 16.8. The number of nitrogens with zero attached hydrogens (tertiary/aromatic N) is 5. The third kappa shape index (κ3) is 2.93. The van der Waals surface area contributed by atoms with Crippen LogP contribution >= 0.6 is 0 Å². The van der Waals surface area contributed by atoms with E-state index >= 15 is 0 Å². The van der Waals surface area contributed by atoms with Crippen LogP contribution in [0.25, 0.3) is 22.5 Å². The number of carbonyl (C=O) groups is 2. The molecular weight excluding hydrogens is 426 g/mol. The molecule has 0 spiro atoms. The van der Waals surface area contributed by atoms with Crippen molar-refractivity contribution in [2.75, 3.05) is 0 Å². The summed E-state index contributed by atoms with van der Waals surface area (Å²) in [4.78, 5) is 29.2. The Morgan fingerprint density at radius 3 is 2.15 bits per heavy atom. The number of fused-ring (bicyclic) bond motifs is 2. The first-order valence-electron chi connectivity index (χ1n) is 11.4. The number of amides is 2. The van der Waals surface area contributed by atoms with Gasteiger partial charge in [-0.15, -0.1) is 10.2 Å². The van der Waals surface area contributed by atoms with Gasteiger partial charge >= 0.3 is 0 Å². The molecule has 7 nitrogen and oxygen atoms in total. The van der Waals surface area contributed by atoms with E-state index in [1.165, 1.54) is 20.8 Å². The zero-order chi connectivity index (χ0) is 23.6. The lowest BCUT2D eigenvalue weighted by Gasteiger charge is -2.23. The van der Waals surface area contributed by atoms with Crippen LogP contribution < -0.4 is 0 Å². The van der Waals surface area contributed by atoms with Crippen LogP contribution in [-0.2, 0) is 13.5 Å². The number of hydrogen-bond donors (Lipinski definition) is 0. The fourth-order valence-corrected chi connectivity index (χ4v) is 5.54. The summed E-state index contributed by atoms with van der Waals surface area (Å²) in [6, 6.07) is 17.3. The summed E-state index contributed by atoms with van der Waals surface area (Å²) >= 11 is 0. The van der Waals surface area contributed by atoms with Crippen LogP contribution in [0.15, 0.2) is 54.6 Å². The van der Waals surface area contributed by atoms with Crippen LogP contribution in [-0.4, -0.2) is 36.9 Å². The largest absolute Gasteiger partial charge is 0.269 e. The van der Waals surface area contributed by atoms with Gasteiger partial charge in [0.15, 0.2) is 0 Å². The summed E-state index contributed by atoms with van der Waals surface area (Å²) in [7, 11) is 1.75. The van der Waals surface area contributed by atoms with Crippen LogP contribution in [0.5, 0.6) is 0 Å². The zero-order valence-corrected chi connectivity index (χ0v) is 19.2. The minimum atomic E-state index is -0.244. The number of imide groups is 1. The van der Waals surface area contributed by atoms with Crippen LogP contribution in [0.2, 0.25) is 0 Å². The molecule has 1 aliphatic heterocycles. The van der Waals surface area contributed by atoms with Gasteiger partial charge in [0.25, 0.3) is 11.8 Å². The van der Waals surface area contributed by atoms with Crippen molar-refractivity contribution in [1.29, 1.82) is 0 Å². The van der Waals surface area contributed by atoms with E-state index < -0.39 is 0 Å². The summed E-state index contributed by atoms with van der Waals surface area (Å²) in [6.07, 6.45) is 1.55. The Labute approximate surface area is 197 Å². The van der Waals surface area contributed by atoms with Crippen molar-refractivity contribution in [2.45, 2.75) is 32.7 Å². The monoisotopic (exact) mass is 449 g/mol. The molecule has 0 N–H and O–H groups in total. The van der Waals surface area contributed by atoms with Gasteiger partial charge in [-0.1, -0.05) is 30.3 Å². The first kappa shape index (κ1) is 20.5. The lowest BCUT2D eigenvalue weighted by atomic mass is 9.89. The maximum Gasteiger partial charge on any atom is 0.262 e. The Balaban J connectivity index is 1.41. The second-order valence-corrected chi connectivity index (χ2v) is 9.04. The van der Waals surface area contributed by atoms with E-state index in [0.29, 0.717) is 17.0 Å². The first-order valence-corrected chi connectivity index (χ1v) is 11.4. The van der Waals surface area contributed by atoms with Crippen molar-refractivity contribution < 1.29 is 9.59 Å². The average molecular weight is 450 g/mol. The summed E-state index contributed by atoms with van der Waals surface area (Å²) in [5.74, 6) is 0.207. The molecule has 1 aromatic heterocycles. The smallest absolute Gasteiger partial charge is 0.262 e. The van der Waals surface area contributed by atoms with E-state index in [1.54, 1.807) is 31.3 Å². The molecule has 2 heterocycles. The Bertz CT molecular complexity index is 1440. The molecule has 7 heteroatoms. The van der Waals surface area contributed by atoms with E-state index in [4.69, 9.17) is 0 Å². The predicted octanol–water partition coefficient (Wildman–Crippen LogP) is 4.44. The van der Waals surface area contributed by atoms with E-state index in [9.17, 15) is 9.59 Å². The molecule has 2 amide bonds. The van der Waals surface area contributed by atoms with Gasteiger partial charge in [-0.2, -0.15) is 4.80 Å². The second kappa shape index (κ2) is 7.45. The quantitative estimate of drug-likeness (QED) is 0.432. The second-order valence-electron chi connectivity index (χ2n) is 9.04. The highest BCUT2D eigenvalue weighted by atomic mass is 16.2. The fraction of sp³-hybridized carbons (Fsp3) is 0.222. The molecule has 2 aliphatic rings. The van der Waals surface area contributed by atoms with Gasteiger partial charge in [-0.05, 0) is 89.5 Å². The number of benzene rings is 3. The van der Waals surface area contributed by atoms with Gasteiger partial charge in [0.05, 0.1) is 24.2 Å². The average Bonchev–Trinajstić information content (AvgIpc) is 3.51. The highest BCUT2D eigenvalue weighted by Gasteiger charge is 2.42. The molecule has 3 aromatic carbocycles. The van der Waals surface area contributed by atoms with E-state index in [0.717, 1.165) is 40.7 Å². The molecule has 0 fully saturated rings. The van der Waals surface area contributed by atoms with Gasteiger partial charge in [-0.25, -0.2) is 0 Å². The molecule has 0 saturated carbocycles. The van der Waals surface area contributed by atoms with E-state index in [2.05, 4.69) is 53.5 Å². The number of tetrazole rings is 1. The Hall–Kier alpha value is -4.13. The number of carbonyl (C=O) groups excluding carboxylic acids is 2. The van der Waals surface area contributed by atoms with Crippen LogP contribution in [0, 0.1) is 13.8 Å². The van der Waals surface area contributed by atoms with Crippen molar-refractivity contribution in [1.82, 2.24) is 25.1 Å². The maximum atomic E-state index is 13.1. The first-order chi connectivity index (χ1) is 16.4. The molecule has 34 heavy (non-hydrogen) atoms. The molecular formula is C27H23N5O2. The van der Waals surface area contributed by atoms with Crippen LogP contribution in [0.3, 0.4) is 0 Å². The SMILES string of the molecule is Cc1cc(-c2nnn(C)n2)cc(C)c1-c1cccc2c1CCC2N1C(=O)c2ccccc2C1=O. The number of aromatic nitrogens is 4. The molecule has 1 atom stereocenters. The lowest BCUT2D eigenvalue weighted by molar-refractivity contribution is 0.0582. The van der Waals surface area contributed by atoms with Gasteiger partial charge in [0.1, 0.15) is 0 Å². The van der Waals surface area contributed by atoms with Crippen LogP contribution in [0.1, 0.15) is 55.4 Å². The van der Waals surface area contributed by atoms with Crippen molar-refractivity contribution in [3.63, 3.8) is 0 Å². The number of aryl methyl sites for hydroxylation is 3. The molecule has 1 unspecified atom stereocenters. The standard InChI is InChI=1S/C27H23N5O2/c1-15-13-17(25-28-30-31(3)29-25)14-16(2)24(15)20-10-6-9-19-18(20)11-12-23(19)32-26(33)21-7-4-5-8-22(21)27(32)34/h4-10,13-14,23H,11-12H2,1-3H3. The third-order valence-corrected chi connectivity index (χ3v) is 6.94. The Morgan fingerprint density at radius 1 is 0.882 bits per heavy atom. The van der Waals surface area contributed by atoms with Gasteiger partial charge in [0, 0.05) is 5.56 Å². The van der Waals surface area contributed by atoms with Crippen molar-refractivity contribution in [3.8, 4) is 22.5 Å². The predicted molar refractivity (Wildman–Crippen MR) is 127 cm³/mol. The highest BCUT2D eigenvalue weighted by molar-refractivity contribution is 6.21. The van der Waals surface area contributed by atoms with Crippen molar-refractivity contribution in [3.05, 3.63) is 88.0 Å². The summed E-state index contributed by atoms with van der Waals surface area (Å²) in [6.45, 7) is 4.19. The molecule has 0 saturated heterocycles. The molecule has 4 aromatic rings. The number of hydrogen-bond acceptors (Lipinski definition) is 5. The minimum absolute atomic E-state index is 0.197. The van der Waals surface area contributed by atoms with E-state index in [1.807, 2.05) is 6.07 Å². The van der Waals surface area contributed by atoms with Crippen LogP contribution in [0.4, 0.5) is 0 Å². The van der Waals surface area contributed by atoms with Gasteiger partial charge in [-0.3, -0.25) is 14.5 Å². The molecule has 6 rings (SSSR count). The Kier molecular flexibility index (Phi) is 4.49. The summed E-state index contributed by atoms with van der Waals surface area (Å²) < 4.78 is 0. The van der Waals surface area contributed by atoms with Crippen molar-refractivity contribution >= 4 is 11.8 Å². The topological polar surface area (TPSA) is 81.0 Å². The van der Waals surface area contributed by atoms with Gasteiger partial charge < -0.3 is 0 Å². The van der Waals surface area contributed by atoms with Gasteiger partial charge in [0.2, 0.25) is 5.82 Å². The third-order valence-electron chi connectivity index (χ3n) is 6.94. The van der Waals surface area contributed by atoms with E-state index in [-0.39, 0.29) is 17.9 Å². The number of rotatable bonds is 3. The maximum absolute atomic E-state index is 13.1. The minimum Gasteiger partial charge on any atom is -0.269 e. The summed E-state index contributed by atoms with van der Waals surface area (Å²) in [5.41, 5.74) is 8.78. The zero-order valence-electron chi connectivity index (χ0n) is 19.2. The molecule has 0 bridgehead atoms. The molecule has 1 aliphatic carbocycles. The summed E-state index contributed by atoms with van der Waals surface area (Å²) in [5, 5.41) is 12.4. The molecule has 168 valence electrons. The Morgan fingerprint density at radius 2 is 1.53 bits per heavy atom. The highest BCUT2D eigenvalue weighted by Crippen LogP contribution is 2.44.